The molecule has 1 aliphatic rings. The fourth-order valence-electron chi connectivity index (χ4n) is 2.94. The quantitative estimate of drug-likeness (QED) is 0.793. The summed E-state index contributed by atoms with van der Waals surface area (Å²) >= 11 is 0. The second-order valence-corrected chi connectivity index (χ2v) is 6.78. The number of aryl methyl sites for hydroxylation is 1. The van der Waals surface area contributed by atoms with Crippen molar-refractivity contribution in [2.45, 2.75) is 45.2 Å². The van der Waals surface area contributed by atoms with Crippen molar-refractivity contribution in [2.24, 2.45) is 0 Å². The summed E-state index contributed by atoms with van der Waals surface area (Å²) in [6, 6.07) is 10.3. The number of benzene rings is 1. The molecule has 0 radical (unpaired) electrons. The van der Waals surface area contributed by atoms with Gasteiger partial charge in [0.15, 0.2) is 5.69 Å². The van der Waals surface area contributed by atoms with Gasteiger partial charge < -0.3 is 10.6 Å². The Bertz CT molecular complexity index is 676. The van der Waals surface area contributed by atoms with E-state index in [4.69, 9.17) is 0 Å². The molecule has 1 aliphatic heterocycles. The largest absolute Gasteiger partial charge is 0.346 e. The van der Waals surface area contributed by atoms with E-state index in [0.717, 1.165) is 37.1 Å². The van der Waals surface area contributed by atoms with Gasteiger partial charge in [0.05, 0.1) is 0 Å². The van der Waals surface area contributed by atoms with Crippen molar-refractivity contribution in [3.8, 4) is 0 Å². The van der Waals surface area contributed by atoms with Crippen LogP contribution in [0.15, 0.2) is 30.3 Å². The number of aromatic amines is 1. The zero-order valence-corrected chi connectivity index (χ0v) is 13.8. The minimum Gasteiger partial charge on any atom is -0.346 e. The summed E-state index contributed by atoms with van der Waals surface area (Å²) in [5.74, 6) is -0.0933. The highest BCUT2D eigenvalue weighted by Gasteiger charge is 2.26. The molecule has 1 amide bonds. The van der Waals surface area contributed by atoms with Crippen LogP contribution in [0.5, 0.6) is 0 Å². The van der Waals surface area contributed by atoms with Crippen LogP contribution in [0.25, 0.3) is 0 Å². The molecule has 3 rings (SSSR count). The average molecular weight is 312 g/mol. The number of hydrogen-bond donors (Lipinski definition) is 3. The maximum atomic E-state index is 12.6. The highest BCUT2D eigenvalue weighted by molar-refractivity contribution is 5.94. The molecule has 2 aromatic rings. The molecule has 0 bridgehead atoms. The number of rotatable bonds is 5. The molecule has 23 heavy (non-hydrogen) atoms. The number of nitrogens with one attached hydrogen (secondary N) is 3. The van der Waals surface area contributed by atoms with Gasteiger partial charge in [0.1, 0.15) is 0 Å². The standard InChI is InChI=1S/C18H24N4O/c1-18(2,10-8-13-6-4-3-5-7-13)20-17(23)16-14-12-19-11-9-15(14)21-22-16/h3-7,19H,8-12H2,1-2H3,(H,20,23)(H,21,22). The molecule has 122 valence electrons. The Morgan fingerprint density at radius 2 is 2.09 bits per heavy atom. The summed E-state index contributed by atoms with van der Waals surface area (Å²) in [5.41, 5.74) is 3.63. The molecule has 1 aromatic heterocycles. The van der Waals surface area contributed by atoms with Gasteiger partial charge in [-0.3, -0.25) is 9.89 Å². The number of amides is 1. The predicted molar refractivity (Wildman–Crippen MR) is 90.3 cm³/mol. The number of H-pyrrole nitrogens is 1. The highest BCUT2D eigenvalue weighted by Crippen LogP contribution is 2.18. The minimum atomic E-state index is -0.277. The fraction of sp³-hybridized carbons (Fsp3) is 0.444. The van der Waals surface area contributed by atoms with Gasteiger partial charge >= 0.3 is 0 Å². The Hall–Kier alpha value is -2.14. The van der Waals surface area contributed by atoms with E-state index >= 15 is 0 Å². The molecular weight excluding hydrogens is 288 g/mol. The van der Waals surface area contributed by atoms with Gasteiger partial charge in [-0.25, -0.2) is 0 Å². The van der Waals surface area contributed by atoms with Crippen molar-refractivity contribution >= 4 is 5.91 Å². The number of aromatic nitrogens is 2. The lowest BCUT2D eigenvalue weighted by molar-refractivity contribution is 0.0903. The summed E-state index contributed by atoms with van der Waals surface area (Å²) in [6.45, 7) is 5.76. The first-order valence-corrected chi connectivity index (χ1v) is 8.18. The number of hydrogen-bond acceptors (Lipinski definition) is 3. The third kappa shape index (κ3) is 3.79. The molecule has 0 spiro atoms. The van der Waals surface area contributed by atoms with Crippen LogP contribution >= 0.6 is 0 Å². The van der Waals surface area contributed by atoms with Crippen LogP contribution in [0.2, 0.25) is 0 Å². The molecule has 2 heterocycles. The molecule has 0 saturated heterocycles. The third-order valence-electron chi connectivity index (χ3n) is 4.35. The van der Waals surface area contributed by atoms with E-state index in [-0.39, 0.29) is 11.4 Å². The van der Waals surface area contributed by atoms with Crippen LogP contribution in [0.3, 0.4) is 0 Å². The van der Waals surface area contributed by atoms with Crippen LogP contribution < -0.4 is 10.6 Å². The number of nitrogens with zero attached hydrogens (tertiary/aromatic N) is 1. The van der Waals surface area contributed by atoms with Crippen molar-refractivity contribution < 1.29 is 4.79 Å². The molecule has 1 aromatic carbocycles. The summed E-state index contributed by atoms with van der Waals surface area (Å²) in [6.07, 6.45) is 2.72. The molecule has 0 unspecified atom stereocenters. The van der Waals surface area contributed by atoms with Gasteiger partial charge in [-0.05, 0) is 32.3 Å². The predicted octanol–water partition coefficient (Wildman–Crippen LogP) is 2.20. The highest BCUT2D eigenvalue weighted by atomic mass is 16.2. The first-order valence-electron chi connectivity index (χ1n) is 8.18. The van der Waals surface area contributed by atoms with E-state index in [0.29, 0.717) is 12.2 Å². The maximum absolute atomic E-state index is 12.6. The van der Waals surface area contributed by atoms with Gasteiger partial charge in [-0.2, -0.15) is 5.10 Å². The van der Waals surface area contributed by atoms with Gasteiger partial charge in [-0.15, -0.1) is 0 Å². The molecular formula is C18H24N4O. The Morgan fingerprint density at radius 1 is 1.30 bits per heavy atom. The Balaban J connectivity index is 1.63. The zero-order chi connectivity index (χ0) is 16.3. The monoisotopic (exact) mass is 312 g/mol. The summed E-state index contributed by atoms with van der Waals surface area (Å²) in [4.78, 5) is 12.6. The number of fused-ring (bicyclic) bond motifs is 1. The van der Waals surface area contributed by atoms with Crippen molar-refractivity contribution in [2.75, 3.05) is 6.54 Å². The van der Waals surface area contributed by atoms with E-state index in [1.54, 1.807) is 0 Å². The van der Waals surface area contributed by atoms with Crippen molar-refractivity contribution in [1.82, 2.24) is 20.8 Å². The average Bonchev–Trinajstić information content (AvgIpc) is 2.98. The Labute approximate surface area is 136 Å². The number of carbonyl (C=O) groups is 1. The molecule has 5 nitrogen and oxygen atoms in total. The first-order chi connectivity index (χ1) is 11.1. The maximum Gasteiger partial charge on any atom is 0.272 e. The Kier molecular flexibility index (Phi) is 4.48. The lowest BCUT2D eigenvalue weighted by Crippen LogP contribution is -2.44. The van der Waals surface area contributed by atoms with Crippen LogP contribution in [0.1, 0.15) is 47.6 Å². The fourth-order valence-corrected chi connectivity index (χ4v) is 2.94. The molecule has 3 N–H and O–H groups in total. The minimum absolute atomic E-state index is 0.0933. The number of carbonyl (C=O) groups excluding carboxylic acids is 1. The van der Waals surface area contributed by atoms with Gasteiger partial charge in [0.2, 0.25) is 0 Å². The molecule has 0 saturated carbocycles. The lowest BCUT2D eigenvalue weighted by atomic mass is 9.94. The van der Waals surface area contributed by atoms with E-state index in [1.165, 1.54) is 5.56 Å². The Morgan fingerprint density at radius 3 is 2.87 bits per heavy atom. The second kappa shape index (κ2) is 6.54. The van der Waals surface area contributed by atoms with E-state index in [2.05, 4.69) is 46.8 Å². The summed E-state index contributed by atoms with van der Waals surface area (Å²) < 4.78 is 0. The van der Waals surface area contributed by atoms with Crippen LogP contribution in [-0.2, 0) is 19.4 Å². The van der Waals surface area contributed by atoms with Crippen LogP contribution in [0.4, 0.5) is 0 Å². The molecule has 0 aliphatic carbocycles. The van der Waals surface area contributed by atoms with E-state index in [1.807, 2.05) is 18.2 Å². The smallest absolute Gasteiger partial charge is 0.272 e. The van der Waals surface area contributed by atoms with Crippen LogP contribution in [-0.4, -0.2) is 28.2 Å². The first kappa shape index (κ1) is 15.7. The van der Waals surface area contributed by atoms with Crippen molar-refractivity contribution in [3.63, 3.8) is 0 Å². The molecule has 5 heteroatoms. The van der Waals surface area contributed by atoms with E-state index < -0.39 is 0 Å². The van der Waals surface area contributed by atoms with Crippen molar-refractivity contribution in [3.05, 3.63) is 52.8 Å². The van der Waals surface area contributed by atoms with Gasteiger partial charge in [-0.1, -0.05) is 30.3 Å². The van der Waals surface area contributed by atoms with Gasteiger partial charge in [0.25, 0.3) is 5.91 Å². The lowest BCUT2D eigenvalue weighted by Gasteiger charge is -2.26. The normalized spacial score (nSPS) is 14.3. The van der Waals surface area contributed by atoms with E-state index in [9.17, 15) is 4.79 Å². The second-order valence-electron chi connectivity index (χ2n) is 6.78. The van der Waals surface area contributed by atoms with Crippen molar-refractivity contribution in [1.29, 1.82) is 0 Å². The topological polar surface area (TPSA) is 69.8 Å². The molecule has 0 fully saturated rings. The molecule has 0 atom stereocenters. The summed E-state index contributed by atoms with van der Waals surface area (Å²) in [5, 5.41) is 13.6. The SMILES string of the molecule is CC(C)(CCc1ccccc1)NC(=O)c1n[nH]c2c1CNCC2. The van der Waals surface area contributed by atoms with Crippen LogP contribution in [0, 0.1) is 0 Å². The zero-order valence-electron chi connectivity index (χ0n) is 13.8. The van der Waals surface area contributed by atoms with Gasteiger partial charge in [0, 0.05) is 36.3 Å². The summed E-state index contributed by atoms with van der Waals surface area (Å²) in [7, 11) is 0. The third-order valence-corrected chi connectivity index (χ3v) is 4.35.